The van der Waals surface area contributed by atoms with Crippen molar-refractivity contribution in [1.82, 2.24) is 14.1 Å². The summed E-state index contributed by atoms with van der Waals surface area (Å²) in [5, 5.41) is 19.0. The molecular weight excluding hydrogens is 455 g/mol. The minimum Gasteiger partial charge on any atom is -0.477 e. The lowest BCUT2D eigenvalue weighted by molar-refractivity contribution is 0.0691. The molecular formula is C21H24Cl2N6O3. The molecule has 3 N–H and O–H groups in total. The molecule has 170 valence electrons. The first-order chi connectivity index (χ1) is 14.4. The number of hydrogen-bond donors (Lipinski definition) is 2. The van der Waals surface area contributed by atoms with Crippen LogP contribution in [0.4, 0.5) is 5.69 Å². The molecule has 11 heteroatoms. The van der Waals surface area contributed by atoms with Gasteiger partial charge in [-0.2, -0.15) is 5.26 Å². The van der Waals surface area contributed by atoms with Gasteiger partial charge in [0.1, 0.15) is 5.52 Å². The fourth-order valence-corrected chi connectivity index (χ4v) is 4.04. The topological polar surface area (TPSA) is 130 Å². The first-order valence-corrected chi connectivity index (χ1v) is 9.72. The number of halogens is 2. The SMILES string of the molecule is Cl.Cl.Cn1c(=O)n(Cc2ccccc2C#N)c2c(N3CCC[C@@H](N)C3)cc(C(=O)O)nc21. The zero-order chi connectivity index (χ0) is 21.4. The van der Waals surface area contributed by atoms with Crippen LogP contribution in [0.2, 0.25) is 0 Å². The fraction of sp³-hybridized carbons (Fsp3) is 0.333. The van der Waals surface area contributed by atoms with Crippen LogP contribution >= 0.6 is 24.8 Å². The largest absolute Gasteiger partial charge is 0.477 e. The maximum absolute atomic E-state index is 13.1. The number of imidazole rings is 1. The van der Waals surface area contributed by atoms with Crippen LogP contribution in [-0.4, -0.2) is 44.3 Å². The molecule has 3 heterocycles. The Bertz CT molecular complexity index is 1250. The monoisotopic (exact) mass is 478 g/mol. The molecule has 3 aromatic rings. The Kier molecular flexibility index (Phi) is 7.91. The second-order valence-electron chi connectivity index (χ2n) is 7.55. The Hall–Kier alpha value is -3.06. The van der Waals surface area contributed by atoms with E-state index in [1.807, 2.05) is 11.0 Å². The molecule has 4 rings (SSSR count). The number of anilines is 1. The van der Waals surface area contributed by atoms with Crippen molar-refractivity contribution in [1.29, 1.82) is 5.26 Å². The molecule has 0 unspecified atom stereocenters. The van der Waals surface area contributed by atoms with Gasteiger partial charge >= 0.3 is 11.7 Å². The summed E-state index contributed by atoms with van der Waals surface area (Å²) < 4.78 is 2.91. The maximum atomic E-state index is 13.1. The number of benzene rings is 1. The number of carboxylic acids is 1. The van der Waals surface area contributed by atoms with E-state index in [9.17, 15) is 20.0 Å². The standard InChI is InChI=1S/C21H22N6O3.2ClH/c1-25-19-18(27(21(25)30)11-14-6-3-2-5-13(14)10-22)17(9-16(24-19)20(28)29)26-8-4-7-15(23)12-26;;/h2-3,5-6,9,15H,4,7-8,11-12,23H2,1H3,(H,28,29);2*1H/t15-;;/m1../s1. The van der Waals surface area contributed by atoms with Gasteiger partial charge in [-0.15, -0.1) is 24.8 Å². The average Bonchev–Trinajstić information content (AvgIpc) is 2.98. The zero-order valence-corrected chi connectivity index (χ0v) is 19.0. The van der Waals surface area contributed by atoms with Gasteiger partial charge in [0.25, 0.3) is 0 Å². The third-order valence-electron chi connectivity index (χ3n) is 5.54. The van der Waals surface area contributed by atoms with Crippen molar-refractivity contribution in [2.45, 2.75) is 25.4 Å². The van der Waals surface area contributed by atoms with Crippen molar-refractivity contribution in [2.75, 3.05) is 18.0 Å². The van der Waals surface area contributed by atoms with Crippen LogP contribution in [0, 0.1) is 11.3 Å². The molecule has 0 aliphatic carbocycles. The van der Waals surface area contributed by atoms with Crippen molar-refractivity contribution < 1.29 is 9.90 Å². The Morgan fingerprint density at radius 3 is 2.72 bits per heavy atom. The van der Waals surface area contributed by atoms with E-state index < -0.39 is 5.97 Å². The highest BCUT2D eigenvalue weighted by Gasteiger charge is 2.26. The first kappa shape index (κ1) is 25.2. The van der Waals surface area contributed by atoms with E-state index in [4.69, 9.17) is 5.73 Å². The molecule has 2 aromatic heterocycles. The summed E-state index contributed by atoms with van der Waals surface area (Å²) in [7, 11) is 1.57. The third kappa shape index (κ3) is 4.43. The number of carbonyl (C=O) groups is 1. The molecule has 0 radical (unpaired) electrons. The lowest BCUT2D eigenvalue weighted by atomic mass is 10.1. The Morgan fingerprint density at radius 2 is 2.06 bits per heavy atom. The molecule has 1 aromatic carbocycles. The predicted octanol–water partition coefficient (Wildman–Crippen LogP) is 2.12. The highest BCUT2D eigenvalue weighted by molar-refractivity contribution is 5.95. The molecule has 1 fully saturated rings. The highest BCUT2D eigenvalue weighted by Crippen LogP contribution is 2.29. The minimum atomic E-state index is -1.16. The summed E-state index contributed by atoms with van der Waals surface area (Å²) in [6, 6.07) is 10.7. The number of fused-ring (bicyclic) bond motifs is 1. The van der Waals surface area contributed by atoms with E-state index in [1.165, 1.54) is 10.6 Å². The number of pyridine rings is 1. The predicted molar refractivity (Wildman–Crippen MR) is 126 cm³/mol. The van der Waals surface area contributed by atoms with Crippen molar-refractivity contribution in [3.05, 3.63) is 57.6 Å². The number of aromatic nitrogens is 3. The Labute approximate surface area is 196 Å². The van der Waals surface area contributed by atoms with Gasteiger partial charge in [0.05, 0.1) is 23.9 Å². The second-order valence-corrected chi connectivity index (χ2v) is 7.55. The van der Waals surface area contributed by atoms with Crippen LogP contribution in [0.15, 0.2) is 35.1 Å². The van der Waals surface area contributed by atoms with Gasteiger partial charge in [-0.1, -0.05) is 18.2 Å². The van der Waals surface area contributed by atoms with Gasteiger partial charge in [-0.25, -0.2) is 14.6 Å². The third-order valence-corrected chi connectivity index (χ3v) is 5.54. The average molecular weight is 479 g/mol. The van der Waals surface area contributed by atoms with Crippen molar-refractivity contribution in [2.24, 2.45) is 12.8 Å². The molecule has 1 aliphatic rings. The first-order valence-electron chi connectivity index (χ1n) is 9.72. The van der Waals surface area contributed by atoms with Gasteiger partial charge in [0.15, 0.2) is 11.3 Å². The van der Waals surface area contributed by atoms with Crippen LogP contribution < -0.4 is 16.3 Å². The summed E-state index contributed by atoms with van der Waals surface area (Å²) in [6.45, 7) is 1.46. The number of aryl methyl sites for hydroxylation is 1. The number of hydrogen-bond acceptors (Lipinski definition) is 6. The smallest absolute Gasteiger partial charge is 0.354 e. The summed E-state index contributed by atoms with van der Waals surface area (Å²) >= 11 is 0. The Morgan fingerprint density at radius 1 is 1.34 bits per heavy atom. The molecule has 1 atom stereocenters. The van der Waals surface area contributed by atoms with Gasteiger partial charge < -0.3 is 15.7 Å². The number of aromatic carboxylic acids is 1. The molecule has 0 spiro atoms. The van der Waals surface area contributed by atoms with Gasteiger partial charge in [-0.3, -0.25) is 9.13 Å². The summed E-state index contributed by atoms with van der Waals surface area (Å²) in [5.74, 6) is -1.16. The summed E-state index contributed by atoms with van der Waals surface area (Å²) in [5.41, 5.74) is 8.37. The van der Waals surface area contributed by atoms with Crippen LogP contribution in [-0.2, 0) is 13.6 Å². The lowest BCUT2D eigenvalue weighted by Gasteiger charge is -2.33. The molecule has 0 amide bonds. The molecule has 9 nitrogen and oxygen atoms in total. The Balaban J connectivity index is 0.00000181. The number of rotatable bonds is 4. The normalized spacial score (nSPS) is 15.5. The maximum Gasteiger partial charge on any atom is 0.354 e. The number of carboxylic acid groups (broad SMARTS) is 1. The van der Waals surface area contributed by atoms with E-state index in [0.29, 0.717) is 41.1 Å². The van der Waals surface area contributed by atoms with Gasteiger partial charge in [-0.05, 0) is 30.5 Å². The number of nitrogens with zero attached hydrogens (tertiary/aromatic N) is 5. The van der Waals surface area contributed by atoms with Crippen LogP contribution in [0.5, 0.6) is 0 Å². The summed E-state index contributed by atoms with van der Waals surface area (Å²) in [6.07, 6.45) is 1.77. The summed E-state index contributed by atoms with van der Waals surface area (Å²) in [4.78, 5) is 31.0. The van der Waals surface area contributed by atoms with Gasteiger partial charge in [0.2, 0.25) is 0 Å². The van der Waals surface area contributed by atoms with Crippen molar-refractivity contribution >= 4 is 47.6 Å². The molecule has 0 bridgehead atoms. The van der Waals surface area contributed by atoms with E-state index in [2.05, 4.69) is 11.1 Å². The molecule has 0 saturated carbocycles. The molecule has 1 aliphatic heterocycles. The zero-order valence-electron chi connectivity index (χ0n) is 17.4. The van der Waals surface area contributed by atoms with Crippen molar-refractivity contribution in [3.8, 4) is 6.07 Å². The quantitative estimate of drug-likeness (QED) is 0.586. The molecule has 32 heavy (non-hydrogen) atoms. The van der Waals surface area contributed by atoms with Crippen LogP contribution in [0.3, 0.4) is 0 Å². The number of nitriles is 1. The minimum absolute atomic E-state index is 0. The highest BCUT2D eigenvalue weighted by atomic mass is 35.5. The second kappa shape index (κ2) is 10.0. The van der Waals surface area contributed by atoms with E-state index in [0.717, 1.165) is 12.8 Å². The van der Waals surface area contributed by atoms with Gasteiger partial charge in [0, 0.05) is 26.2 Å². The fourth-order valence-electron chi connectivity index (χ4n) is 4.04. The number of nitrogens with two attached hydrogens (primary N) is 1. The van der Waals surface area contributed by atoms with E-state index in [1.54, 1.807) is 29.8 Å². The van der Waals surface area contributed by atoms with Crippen LogP contribution in [0.1, 0.15) is 34.5 Å². The molecule has 1 saturated heterocycles. The lowest BCUT2D eigenvalue weighted by Crippen LogP contribution is -2.43. The number of piperidine rings is 1. The van der Waals surface area contributed by atoms with E-state index in [-0.39, 0.29) is 48.8 Å². The van der Waals surface area contributed by atoms with Crippen LogP contribution in [0.25, 0.3) is 11.2 Å². The van der Waals surface area contributed by atoms with E-state index >= 15 is 0 Å². The van der Waals surface area contributed by atoms with Crippen molar-refractivity contribution in [3.63, 3.8) is 0 Å².